The van der Waals surface area contributed by atoms with Crippen LogP contribution in [0.4, 0.5) is 0 Å². The molecule has 2 aromatic heterocycles. The summed E-state index contributed by atoms with van der Waals surface area (Å²) < 4.78 is 6.85. The predicted octanol–water partition coefficient (Wildman–Crippen LogP) is 1.38. The van der Waals surface area contributed by atoms with E-state index in [1.54, 1.807) is 18.3 Å². The summed E-state index contributed by atoms with van der Waals surface area (Å²) >= 11 is 0. The molecule has 3 rings (SSSR count). The third-order valence-corrected chi connectivity index (χ3v) is 3.67. The summed E-state index contributed by atoms with van der Waals surface area (Å²) in [7, 11) is 3.30. The number of benzene rings is 1. The van der Waals surface area contributed by atoms with Crippen LogP contribution in [0, 0.1) is 0 Å². The van der Waals surface area contributed by atoms with E-state index < -0.39 is 0 Å². The lowest BCUT2D eigenvalue weighted by Crippen LogP contribution is -2.21. The van der Waals surface area contributed by atoms with E-state index in [0.717, 1.165) is 5.52 Å². The highest BCUT2D eigenvalue weighted by atomic mass is 16.5. The normalized spacial score (nSPS) is 11.1. The standard InChI is InChI=1S/C17H17N5O3/c1-22-12-4-3-7-18-17(12)20-15(22)9-16(24)21-19-10-11-5-6-13(23)14(8-11)25-2/h3-8,10,23H,9H2,1-2H3,(H,21,24)/b19-10+. The molecule has 0 aliphatic heterocycles. The van der Waals surface area contributed by atoms with Crippen LogP contribution in [0.25, 0.3) is 11.2 Å². The third kappa shape index (κ3) is 3.57. The first-order valence-corrected chi connectivity index (χ1v) is 7.53. The van der Waals surface area contributed by atoms with Gasteiger partial charge in [-0.25, -0.2) is 15.4 Å². The number of phenolic OH excluding ortho intramolecular Hbond substituents is 1. The first-order chi connectivity index (χ1) is 12.1. The number of fused-ring (bicyclic) bond motifs is 1. The highest BCUT2D eigenvalue weighted by molar-refractivity contribution is 5.84. The minimum atomic E-state index is -0.291. The summed E-state index contributed by atoms with van der Waals surface area (Å²) in [6, 6.07) is 8.48. The van der Waals surface area contributed by atoms with Crippen molar-refractivity contribution in [1.29, 1.82) is 0 Å². The van der Waals surface area contributed by atoms with Crippen LogP contribution in [0.2, 0.25) is 0 Å². The van der Waals surface area contributed by atoms with Crippen molar-refractivity contribution in [2.45, 2.75) is 6.42 Å². The zero-order chi connectivity index (χ0) is 17.8. The average molecular weight is 339 g/mol. The zero-order valence-electron chi connectivity index (χ0n) is 13.8. The van der Waals surface area contributed by atoms with Crippen molar-refractivity contribution in [2.75, 3.05) is 7.11 Å². The summed E-state index contributed by atoms with van der Waals surface area (Å²) in [5.74, 6) is 0.690. The van der Waals surface area contributed by atoms with E-state index in [0.29, 0.717) is 22.8 Å². The smallest absolute Gasteiger partial charge is 0.247 e. The van der Waals surface area contributed by atoms with Crippen molar-refractivity contribution in [3.05, 3.63) is 47.9 Å². The number of aromatic nitrogens is 3. The molecule has 2 N–H and O–H groups in total. The number of carbonyl (C=O) groups is 1. The number of nitrogens with one attached hydrogen (secondary N) is 1. The molecule has 0 aliphatic rings. The second-order valence-corrected chi connectivity index (χ2v) is 5.33. The molecule has 3 aromatic rings. The lowest BCUT2D eigenvalue weighted by molar-refractivity contribution is -0.120. The van der Waals surface area contributed by atoms with Gasteiger partial charge in [0.2, 0.25) is 5.91 Å². The SMILES string of the molecule is COc1cc(/C=N/NC(=O)Cc2nc3ncccc3n2C)ccc1O. The van der Waals surface area contributed by atoms with Crippen LogP contribution in [-0.4, -0.2) is 38.9 Å². The first kappa shape index (κ1) is 16.4. The van der Waals surface area contributed by atoms with Crippen LogP contribution in [0.15, 0.2) is 41.6 Å². The summed E-state index contributed by atoms with van der Waals surface area (Å²) in [6.45, 7) is 0. The number of carbonyl (C=O) groups excluding carboxylic acids is 1. The van der Waals surface area contributed by atoms with Gasteiger partial charge in [-0.15, -0.1) is 0 Å². The number of hydrazone groups is 1. The van der Waals surface area contributed by atoms with Gasteiger partial charge in [-0.2, -0.15) is 5.10 Å². The Morgan fingerprint density at radius 2 is 2.28 bits per heavy atom. The van der Waals surface area contributed by atoms with Crippen LogP contribution >= 0.6 is 0 Å². The van der Waals surface area contributed by atoms with Gasteiger partial charge in [0.15, 0.2) is 17.1 Å². The van der Waals surface area contributed by atoms with Crippen molar-refractivity contribution in [1.82, 2.24) is 20.0 Å². The van der Waals surface area contributed by atoms with Crippen LogP contribution in [-0.2, 0) is 18.3 Å². The highest BCUT2D eigenvalue weighted by Gasteiger charge is 2.11. The maximum atomic E-state index is 12.0. The number of methoxy groups -OCH3 is 1. The van der Waals surface area contributed by atoms with Gasteiger partial charge in [-0.05, 0) is 35.9 Å². The van der Waals surface area contributed by atoms with Gasteiger partial charge in [-0.3, -0.25) is 4.79 Å². The van der Waals surface area contributed by atoms with Crippen LogP contribution < -0.4 is 10.2 Å². The van der Waals surface area contributed by atoms with E-state index in [4.69, 9.17) is 4.74 Å². The molecule has 0 spiro atoms. The maximum Gasteiger partial charge on any atom is 0.247 e. The van der Waals surface area contributed by atoms with E-state index in [9.17, 15) is 9.90 Å². The quantitative estimate of drug-likeness (QED) is 0.540. The summed E-state index contributed by atoms with van der Waals surface area (Å²) in [4.78, 5) is 20.6. The molecule has 0 saturated carbocycles. The predicted molar refractivity (Wildman–Crippen MR) is 92.6 cm³/mol. The van der Waals surface area contributed by atoms with E-state index in [1.165, 1.54) is 19.4 Å². The molecule has 2 heterocycles. The van der Waals surface area contributed by atoms with E-state index in [2.05, 4.69) is 20.5 Å². The second-order valence-electron chi connectivity index (χ2n) is 5.33. The highest BCUT2D eigenvalue weighted by Crippen LogP contribution is 2.25. The third-order valence-electron chi connectivity index (χ3n) is 3.67. The molecule has 0 unspecified atom stereocenters. The van der Waals surface area contributed by atoms with Gasteiger partial charge < -0.3 is 14.4 Å². The van der Waals surface area contributed by atoms with Crippen molar-refractivity contribution in [3.63, 3.8) is 0 Å². The molecule has 128 valence electrons. The number of rotatable bonds is 5. The molecule has 0 aliphatic carbocycles. The van der Waals surface area contributed by atoms with Gasteiger partial charge in [-0.1, -0.05) is 0 Å². The fourth-order valence-corrected chi connectivity index (χ4v) is 2.37. The Labute approximate surface area is 143 Å². The van der Waals surface area contributed by atoms with E-state index >= 15 is 0 Å². The first-order valence-electron chi connectivity index (χ1n) is 7.53. The molecule has 8 heteroatoms. The molecular weight excluding hydrogens is 322 g/mol. The van der Waals surface area contributed by atoms with Gasteiger partial charge in [0.25, 0.3) is 0 Å². The molecule has 0 saturated heterocycles. The Hall–Kier alpha value is -3.42. The lowest BCUT2D eigenvalue weighted by Gasteiger charge is -2.03. The number of aryl methyl sites for hydroxylation is 1. The summed E-state index contributed by atoms with van der Waals surface area (Å²) in [6.07, 6.45) is 3.22. The van der Waals surface area contributed by atoms with E-state index in [1.807, 2.05) is 23.7 Å². The van der Waals surface area contributed by atoms with Crippen LogP contribution in [0.3, 0.4) is 0 Å². The Morgan fingerprint density at radius 3 is 3.04 bits per heavy atom. The number of ether oxygens (including phenoxy) is 1. The molecule has 1 aromatic carbocycles. The van der Waals surface area contributed by atoms with Gasteiger partial charge in [0.1, 0.15) is 5.82 Å². The number of hydrogen-bond donors (Lipinski definition) is 2. The van der Waals surface area contributed by atoms with Crippen molar-refractivity contribution in [2.24, 2.45) is 12.1 Å². The van der Waals surface area contributed by atoms with Crippen LogP contribution in [0.1, 0.15) is 11.4 Å². The molecular formula is C17H17N5O3. The van der Waals surface area contributed by atoms with Crippen molar-refractivity contribution < 1.29 is 14.6 Å². The summed E-state index contributed by atoms with van der Waals surface area (Å²) in [5.41, 5.74) is 4.61. The fraction of sp³-hybridized carbons (Fsp3) is 0.176. The molecule has 0 radical (unpaired) electrons. The van der Waals surface area contributed by atoms with Gasteiger partial charge in [0, 0.05) is 13.2 Å². The lowest BCUT2D eigenvalue weighted by atomic mass is 10.2. The fourth-order valence-electron chi connectivity index (χ4n) is 2.37. The number of hydrogen-bond acceptors (Lipinski definition) is 6. The monoisotopic (exact) mass is 339 g/mol. The molecule has 0 atom stereocenters. The van der Waals surface area contributed by atoms with Crippen molar-refractivity contribution >= 4 is 23.3 Å². The molecule has 0 bridgehead atoms. The van der Waals surface area contributed by atoms with Crippen molar-refractivity contribution in [3.8, 4) is 11.5 Å². The number of pyridine rings is 1. The number of phenols is 1. The van der Waals surface area contributed by atoms with Crippen LogP contribution in [0.5, 0.6) is 11.5 Å². The Kier molecular flexibility index (Phi) is 4.60. The van der Waals surface area contributed by atoms with Gasteiger partial charge >= 0.3 is 0 Å². The maximum absolute atomic E-state index is 12.0. The van der Waals surface area contributed by atoms with Gasteiger partial charge in [0.05, 0.1) is 25.3 Å². The minimum Gasteiger partial charge on any atom is -0.504 e. The molecule has 1 amide bonds. The Balaban J connectivity index is 1.65. The largest absolute Gasteiger partial charge is 0.504 e. The average Bonchev–Trinajstić information content (AvgIpc) is 2.92. The topological polar surface area (TPSA) is 102 Å². The molecule has 25 heavy (non-hydrogen) atoms. The number of amides is 1. The number of aromatic hydroxyl groups is 1. The molecule has 0 fully saturated rings. The van der Waals surface area contributed by atoms with E-state index in [-0.39, 0.29) is 18.1 Å². The molecule has 8 nitrogen and oxygen atoms in total. The number of imidazole rings is 1. The summed E-state index contributed by atoms with van der Waals surface area (Å²) in [5, 5.41) is 13.5. The Bertz CT molecular complexity index is 949. The number of nitrogens with zero attached hydrogens (tertiary/aromatic N) is 4. The zero-order valence-corrected chi connectivity index (χ0v) is 13.8. The second kappa shape index (κ2) is 7.00. The Morgan fingerprint density at radius 1 is 1.44 bits per heavy atom. The minimum absolute atomic E-state index is 0.0409.